The lowest BCUT2D eigenvalue weighted by molar-refractivity contribution is 0.0957. The summed E-state index contributed by atoms with van der Waals surface area (Å²) in [6.45, 7) is 3.09. The van der Waals surface area contributed by atoms with Crippen LogP contribution in [0.25, 0.3) is 17.3 Å². The summed E-state index contributed by atoms with van der Waals surface area (Å²) in [5.41, 5.74) is 10.7. The predicted octanol–water partition coefficient (Wildman–Crippen LogP) is 3.56. The van der Waals surface area contributed by atoms with Gasteiger partial charge < -0.3 is 20.3 Å². The Morgan fingerprint density at radius 1 is 1.25 bits per heavy atom. The number of rotatable bonds is 6. The van der Waals surface area contributed by atoms with Gasteiger partial charge in [-0.1, -0.05) is 11.2 Å². The van der Waals surface area contributed by atoms with Crippen LogP contribution < -0.4 is 15.8 Å². The van der Waals surface area contributed by atoms with Crippen molar-refractivity contribution < 1.29 is 14.1 Å². The minimum absolute atomic E-state index is 0.114. The van der Waals surface area contributed by atoms with Crippen LogP contribution in [0.5, 0.6) is 5.88 Å². The second kappa shape index (κ2) is 10.7. The molecule has 12 nitrogen and oxygen atoms in total. The normalized spacial score (nSPS) is 21.5. The van der Waals surface area contributed by atoms with E-state index in [1.165, 1.54) is 4.68 Å². The molecule has 0 unspecified atom stereocenters. The summed E-state index contributed by atoms with van der Waals surface area (Å²) in [5.74, 6) is 1.66. The van der Waals surface area contributed by atoms with Crippen LogP contribution in [0.3, 0.4) is 0 Å². The lowest BCUT2D eigenvalue weighted by atomic mass is 9.68. The van der Waals surface area contributed by atoms with Gasteiger partial charge >= 0.3 is 0 Å². The number of carbonyl (C=O) groups is 1. The molecule has 12 heteroatoms. The lowest BCUT2D eigenvalue weighted by Gasteiger charge is -2.33. The number of nitrogens with two attached hydrogens (primary N) is 1. The van der Waals surface area contributed by atoms with Crippen molar-refractivity contribution >= 4 is 11.6 Å². The molecule has 7 rings (SSSR count). The summed E-state index contributed by atoms with van der Waals surface area (Å²) in [4.78, 5) is 24.2. The molecule has 1 spiro atoms. The molecule has 226 valence electrons. The fourth-order valence-electron chi connectivity index (χ4n) is 7.46. The predicted molar refractivity (Wildman–Crippen MR) is 161 cm³/mol. The van der Waals surface area contributed by atoms with E-state index in [1.54, 1.807) is 25.4 Å². The van der Waals surface area contributed by atoms with Gasteiger partial charge in [0.2, 0.25) is 5.88 Å². The highest BCUT2D eigenvalue weighted by atomic mass is 16.5. The number of nitrogens with one attached hydrogen (secondary N) is 1. The maximum atomic E-state index is 12.2. The molecule has 1 aromatic carbocycles. The first-order chi connectivity index (χ1) is 21.3. The van der Waals surface area contributed by atoms with Gasteiger partial charge in [-0.25, -0.2) is 9.67 Å². The van der Waals surface area contributed by atoms with Crippen LogP contribution in [0, 0.1) is 11.3 Å². The van der Waals surface area contributed by atoms with Crippen LogP contribution in [-0.4, -0.2) is 68.5 Å². The molecule has 4 aromatic rings. The largest absolute Gasteiger partial charge is 0.473 e. The summed E-state index contributed by atoms with van der Waals surface area (Å²) in [7, 11) is 3.68. The number of benzene rings is 1. The standard InChI is InChI=1S/C32H35N9O3/c1-18(24-7-5-14-40(24)3)43-26-16-25(41-15-11-23(38-41)31(42)35-2)36-30(37-26)28-20-6-4-12-32(29(20)44-39-28)13-10-19-8-9-22(34)21(17-33)27(19)32/h8-9,11,15-16,18,24H,4-7,10,12-14,34H2,1-3H3,(H,35,42)/t18-,24-,32-/m0/s1. The minimum Gasteiger partial charge on any atom is -0.473 e. The molecule has 1 saturated heterocycles. The van der Waals surface area contributed by atoms with Crippen molar-refractivity contribution in [2.45, 2.75) is 69.4 Å². The third-order valence-electron chi connectivity index (χ3n) is 9.60. The zero-order chi connectivity index (χ0) is 30.6. The number of likely N-dealkylation sites (N-methyl/N-ethyl adjacent to an activating group) is 1. The van der Waals surface area contributed by atoms with E-state index in [0.29, 0.717) is 34.5 Å². The highest BCUT2D eigenvalue weighted by molar-refractivity contribution is 5.91. The number of nitrogen functional groups attached to an aromatic ring is 1. The first kappa shape index (κ1) is 28.0. The van der Waals surface area contributed by atoms with Crippen LogP contribution in [0.1, 0.15) is 77.5 Å². The highest BCUT2D eigenvalue weighted by Gasteiger charge is 2.49. The van der Waals surface area contributed by atoms with E-state index >= 15 is 0 Å². The summed E-state index contributed by atoms with van der Waals surface area (Å²) in [6, 6.07) is 9.85. The molecule has 1 amide bonds. The van der Waals surface area contributed by atoms with Gasteiger partial charge in [0.05, 0.1) is 11.0 Å². The SMILES string of the molecule is CNC(=O)c1ccn(-c2cc(O[C@@H](C)[C@@H]3CCCN3C)nc(-c3noc4c3CCC[C@@]43CCc4ccc(N)c(C#N)c43)n2)n1. The maximum absolute atomic E-state index is 12.2. The molecular weight excluding hydrogens is 558 g/mol. The Kier molecular flexibility index (Phi) is 6.85. The molecular formula is C32H35N9O3. The van der Waals surface area contributed by atoms with Crippen molar-refractivity contribution in [1.82, 2.24) is 35.1 Å². The smallest absolute Gasteiger partial charge is 0.271 e. The number of amides is 1. The second-order valence-electron chi connectivity index (χ2n) is 12.1. The van der Waals surface area contributed by atoms with E-state index in [2.05, 4.69) is 40.5 Å². The highest BCUT2D eigenvalue weighted by Crippen LogP contribution is 2.54. The molecule has 4 heterocycles. The number of carbonyl (C=O) groups excluding carboxylic acids is 1. The van der Waals surface area contributed by atoms with E-state index in [4.69, 9.17) is 25.0 Å². The fraction of sp³-hybridized carbons (Fsp3) is 0.438. The Balaban J connectivity index is 1.33. The average molecular weight is 594 g/mol. The van der Waals surface area contributed by atoms with Crippen LogP contribution in [0.2, 0.25) is 0 Å². The molecule has 2 aliphatic carbocycles. The van der Waals surface area contributed by atoms with E-state index in [9.17, 15) is 10.1 Å². The maximum Gasteiger partial charge on any atom is 0.271 e. The number of likely N-dealkylation sites (tertiary alicyclic amines) is 1. The average Bonchev–Trinajstić information content (AvgIpc) is 3.84. The monoisotopic (exact) mass is 593 g/mol. The van der Waals surface area contributed by atoms with E-state index in [0.717, 1.165) is 73.9 Å². The molecule has 3 aliphatic rings. The molecule has 3 N–H and O–H groups in total. The third-order valence-corrected chi connectivity index (χ3v) is 9.60. The fourth-order valence-corrected chi connectivity index (χ4v) is 7.46. The van der Waals surface area contributed by atoms with Crippen molar-refractivity contribution in [3.63, 3.8) is 0 Å². The number of fused-ring (bicyclic) bond motifs is 4. The molecule has 3 atom stereocenters. The molecule has 1 aliphatic heterocycles. The van der Waals surface area contributed by atoms with E-state index in [1.807, 2.05) is 12.1 Å². The number of ether oxygens (including phenoxy) is 1. The van der Waals surface area contributed by atoms with Gasteiger partial charge in [-0.3, -0.25) is 9.69 Å². The number of nitrogens with zero attached hydrogens (tertiary/aromatic N) is 7. The van der Waals surface area contributed by atoms with Crippen molar-refractivity contribution in [1.29, 1.82) is 5.26 Å². The van der Waals surface area contributed by atoms with Gasteiger partial charge in [-0.2, -0.15) is 15.3 Å². The molecule has 0 radical (unpaired) electrons. The molecule has 44 heavy (non-hydrogen) atoms. The third kappa shape index (κ3) is 4.42. The van der Waals surface area contributed by atoms with Gasteiger partial charge in [0.25, 0.3) is 5.91 Å². The molecule has 0 saturated carbocycles. The Hall–Kier alpha value is -4.76. The first-order valence-corrected chi connectivity index (χ1v) is 15.2. The van der Waals surface area contributed by atoms with Gasteiger partial charge in [0, 0.05) is 36.6 Å². The zero-order valence-electron chi connectivity index (χ0n) is 25.1. The Labute approximate surface area is 255 Å². The molecule has 3 aromatic heterocycles. The number of aryl methyl sites for hydroxylation is 1. The number of hydrogen-bond donors (Lipinski definition) is 2. The Morgan fingerprint density at radius 2 is 2.11 bits per heavy atom. The van der Waals surface area contributed by atoms with Gasteiger partial charge in [-0.05, 0) is 88.7 Å². The molecule has 0 bridgehead atoms. The van der Waals surface area contributed by atoms with E-state index < -0.39 is 5.41 Å². The minimum atomic E-state index is -0.475. The summed E-state index contributed by atoms with van der Waals surface area (Å²) in [5, 5.41) is 21.7. The van der Waals surface area contributed by atoms with Crippen molar-refractivity contribution in [3.8, 4) is 29.3 Å². The Morgan fingerprint density at radius 3 is 2.89 bits per heavy atom. The second-order valence-corrected chi connectivity index (χ2v) is 12.1. The Bertz CT molecular complexity index is 1800. The summed E-state index contributed by atoms with van der Waals surface area (Å²) >= 11 is 0. The number of nitriles is 1. The zero-order valence-corrected chi connectivity index (χ0v) is 25.1. The van der Waals surface area contributed by atoms with Gasteiger partial charge in [0.15, 0.2) is 28.8 Å². The van der Waals surface area contributed by atoms with Gasteiger partial charge in [0.1, 0.15) is 12.2 Å². The van der Waals surface area contributed by atoms with Crippen LogP contribution in [0.15, 0.2) is 35.0 Å². The van der Waals surface area contributed by atoms with Crippen molar-refractivity contribution in [3.05, 3.63) is 64.2 Å². The number of anilines is 1. The topological polar surface area (TPSA) is 161 Å². The van der Waals surface area contributed by atoms with Crippen molar-refractivity contribution in [2.24, 2.45) is 0 Å². The summed E-state index contributed by atoms with van der Waals surface area (Å²) in [6.07, 6.45) is 7.88. The number of aromatic nitrogens is 5. The quantitative estimate of drug-likeness (QED) is 0.316. The van der Waals surface area contributed by atoms with Crippen LogP contribution >= 0.6 is 0 Å². The first-order valence-electron chi connectivity index (χ1n) is 15.2. The lowest BCUT2D eigenvalue weighted by Crippen LogP contribution is -2.38. The van der Waals surface area contributed by atoms with Crippen LogP contribution in [0.4, 0.5) is 5.69 Å². The summed E-state index contributed by atoms with van der Waals surface area (Å²) < 4.78 is 14.2. The van der Waals surface area contributed by atoms with E-state index in [-0.39, 0.29) is 23.7 Å². The number of hydrogen-bond acceptors (Lipinski definition) is 10. The molecule has 1 fully saturated rings. The van der Waals surface area contributed by atoms with Gasteiger partial charge in [-0.15, -0.1) is 0 Å². The van der Waals surface area contributed by atoms with Crippen molar-refractivity contribution in [2.75, 3.05) is 26.4 Å². The van der Waals surface area contributed by atoms with Crippen LogP contribution in [-0.2, 0) is 18.3 Å².